The monoisotopic (exact) mass is 240 g/mol. The van der Waals surface area contributed by atoms with Gasteiger partial charge in [-0.3, -0.25) is 4.79 Å². The Labute approximate surface area is 97.2 Å². The molecule has 0 spiro atoms. The molecule has 0 bridgehead atoms. The van der Waals surface area contributed by atoms with E-state index in [0.29, 0.717) is 0 Å². The van der Waals surface area contributed by atoms with Gasteiger partial charge in [-0.2, -0.15) is 0 Å². The summed E-state index contributed by atoms with van der Waals surface area (Å²) in [4.78, 5) is 33.3. The zero-order chi connectivity index (χ0) is 13.2. The highest BCUT2D eigenvalue weighted by Crippen LogP contribution is 2.34. The van der Waals surface area contributed by atoms with E-state index in [1.807, 2.05) is 0 Å². The summed E-state index contributed by atoms with van der Waals surface area (Å²) >= 11 is 0. The Morgan fingerprint density at radius 2 is 1.94 bits per heavy atom. The van der Waals surface area contributed by atoms with Crippen molar-refractivity contribution in [2.45, 2.75) is 13.3 Å². The molecule has 0 radical (unpaired) electrons. The molecule has 0 aliphatic heterocycles. The van der Waals surface area contributed by atoms with E-state index in [1.165, 1.54) is 13.0 Å². The molecule has 0 amide bonds. The molecule has 0 aromatic heterocycles. The van der Waals surface area contributed by atoms with E-state index < -0.39 is 23.3 Å². The number of carbonyl (C=O) groups is 3. The van der Waals surface area contributed by atoms with Crippen LogP contribution in [0.15, 0.2) is 23.3 Å². The lowest BCUT2D eigenvalue weighted by atomic mass is 9.78. The number of aliphatic carboxylic acids is 2. The normalized spacial score (nSPS) is 23.4. The number of carbonyl (C=O) groups excluding carboxylic acids is 1. The molecule has 6 nitrogen and oxygen atoms in total. The molecule has 1 aliphatic rings. The fraction of sp³-hybridized carbons (Fsp3) is 0.364. The smallest absolute Gasteiger partial charge is 0.337 e. The van der Waals surface area contributed by atoms with E-state index in [2.05, 4.69) is 4.74 Å². The molecular weight excluding hydrogens is 228 g/mol. The lowest BCUT2D eigenvalue weighted by molar-refractivity contribution is -0.145. The molecule has 92 valence electrons. The largest absolute Gasteiger partial charge is 0.481 e. The van der Waals surface area contributed by atoms with Gasteiger partial charge in [-0.15, -0.1) is 0 Å². The molecule has 0 heterocycles. The van der Waals surface area contributed by atoms with Gasteiger partial charge in [0.15, 0.2) is 0 Å². The number of carboxylic acids is 2. The third-order valence-corrected chi connectivity index (χ3v) is 2.55. The zero-order valence-corrected chi connectivity index (χ0v) is 9.39. The summed E-state index contributed by atoms with van der Waals surface area (Å²) in [5, 5.41) is 17.9. The Bertz CT molecular complexity index is 445. The SMILES string of the molecule is COC(=O)C1=CC(C)(C(=O)O)CC(C(=O)O)=C1. The molecule has 6 heteroatoms. The highest BCUT2D eigenvalue weighted by molar-refractivity contribution is 5.98. The standard InChI is InChI=1S/C11H12O6/c1-11(10(15)16)4-6(8(12)13)3-7(5-11)9(14)17-2/h3,5H,4H2,1-2H3,(H,12,13)(H,15,16). The second kappa shape index (κ2) is 4.40. The highest BCUT2D eigenvalue weighted by Gasteiger charge is 2.37. The Hall–Kier alpha value is -2.11. The maximum absolute atomic E-state index is 11.3. The maximum Gasteiger partial charge on any atom is 0.337 e. The number of methoxy groups -OCH3 is 1. The summed E-state index contributed by atoms with van der Waals surface area (Å²) in [6, 6.07) is 0. The predicted octanol–water partition coefficient (Wildman–Crippen LogP) is 0.591. The maximum atomic E-state index is 11.3. The predicted molar refractivity (Wildman–Crippen MR) is 56.2 cm³/mol. The van der Waals surface area contributed by atoms with Crippen molar-refractivity contribution < 1.29 is 29.3 Å². The van der Waals surface area contributed by atoms with Crippen LogP contribution in [0.1, 0.15) is 13.3 Å². The fourth-order valence-electron chi connectivity index (χ4n) is 1.58. The van der Waals surface area contributed by atoms with E-state index in [1.54, 1.807) is 0 Å². The Morgan fingerprint density at radius 1 is 1.35 bits per heavy atom. The van der Waals surface area contributed by atoms with Crippen molar-refractivity contribution in [1.82, 2.24) is 0 Å². The van der Waals surface area contributed by atoms with Crippen molar-refractivity contribution in [3.8, 4) is 0 Å². The number of hydrogen-bond donors (Lipinski definition) is 2. The fourth-order valence-corrected chi connectivity index (χ4v) is 1.58. The first-order valence-electron chi connectivity index (χ1n) is 4.78. The van der Waals surface area contributed by atoms with Crippen molar-refractivity contribution in [3.05, 3.63) is 23.3 Å². The second-order valence-corrected chi connectivity index (χ2v) is 3.97. The molecule has 1 aliphatic carbocycles. The summed E-state index contributed by atoms with van der Waals surface area (Å²) in [5.41, 5.74) is -1.59. The summed E-state index contributed by atoms with van der Waals surface area (Å²) in [6.07, 6.45) is 2.19. The van der Waals surface area contributed by atoms with Crippen LogP contribution in [0.5, 0.6) is 0 Å². The van der Waals surface area contributed by atoms with E-state index in [4.69, 9.17) is 10.2 Å². The first-order chi connectivity index (χ1) is 7.80. The lowest BCUT2D eigenvalue weighted by Gasteiger charge is -2.25. The molecule has 0 aromatic rings. The van der Waals surface area contributed by atoms with Gasteiger partial charge in [0.05, 0.1) is 18.1 Å². The Balaban J connectivity index is 3.24. The summed E-state index contributed by atoms with van der Waals surface area (Å²) in [5.74, 6) is -3.19. The third-order valence-electron chi connectivity index (χ3n) is 2.55. The van der Waals surface area contributed by atoms with Gasteiger partial charge < -0.3 is 14.9 Å². The number of ether oxygens (including phenoxy) is 1. The number of carboxylic acid groups (broad SMARTS) is 2. The summed E-state index contributed by atoms with van der Waals surface area (Å²) in [7, 11) is 1.14. The van der Waals surface area contributed by atoms with Crippen LogP contribution in [0.3, 0.4) is 0 Å². The summed E-state index contributed by atoms with van der Waals surface area (Å²) < 4.78 is 4.45. The summed E-state index contributed by atoms with van der Waals surface area (Å²) in [6.45, 7) is 1.36. The van der Waals surface area contributed by atoms with E-state index >= 15 is 0 Å². The minimum Gasteiger partial charge on any atom is -0.481 e. The average molecular weight is 240 g/mol. The van der Waals surface area contributed by atoms with Crippen LogP contribution in [-0.4, -0.2) is 35.2 Å². The molecule has 17 heavy (non-hydrogen) atoms. The van der Waals surface area contributed by atoms with Crippen LogP contribution in [0.2, 0.25) is 0 Å². The Kier molecular flexibility index (Phi) is 3.36. The minimum atomic E-state index is -1.41. The topological polar surface area (TPSA) is 101 Å². The van der Waals surface area contributed by atoms with Crippen molar-refractivity contribution in [3.63, 3.8) is 0 Å². The van der Waals surface area contributed by atoms with E-state index in [9.17, 15) is 14.4 Å². The van der Waals surface area contributed by atoms with Crippen LogP contribution in [0, 0.1) is 5.41 Å². The molecule has 2 N–H and O–H groups in total. The van der Waals surface area contributed by atoms with Crippen molar-refractivity contribution >= 4 is 17.9 Å². The molecule has 1 atom stereocenters. The minimum absolute atomic E-state index is 0.0546. The molecule has 0 saturated carbocycles. The van der Waals surface area contributed by atoms with Crippen molar-refractivity contribution in [2.24, 2.45) is 5.41 Å². The highest BCUT2D eigenvalue weighted by atomic mass is 16.5. The van der Waals surface area contributed by atoms with Gasteiger partial charge in [-0.1, -0.05) is 6.08 Å². The Morgan fingerprint density at radius 3 is 2.35 bits per heavy atom. The zero-order valence-electron chi connectivity index (χ0n) is 9.39. The molecule has 0 saturated heterocycles. The van der Waals surface area contributed by atoms with Crippen LogP contribution >= 0.6 is 0 Å². The van der Waals surface area contributed by atoms with Crippen molar-refractivity contribution in [1.29, 1.82) is 0 Å². The van der Waals surface area contributed by atoms with Gasteiger partial charge in [0.1, 0.15) is 0 Å². The van der Waals surface area contributed by atoms with Gasteiger partial charge in [-0.05, 0) is 19.4 Å². The van der Waals surface area contributed by atoms with Gasteiger partial charge in [-0.25, -0.2) is 9.59 Å². The number of rotatable bonds is 3. The van der Waals surface area contributed by atoms with E-state index in [0.717, 1.165) is 13.2 Å². The first kappa shape index (κ1) is 13.0. The first-order valence-corrected chi connectivity index (χ1v) is 4.78. The van der Waals surface area contributed by atoms with Crippen LogP contribution in [0.4, 0.5) is 0 Å². The van der Waals surface area contributed by atoms with Crippen LogP contribution in [0.25, 0.3) is 0 Å². The van der Waals surface area contributed by atoms with Gasteiger partial charge in [0.25, 0.3) is 0 Å². The number of hydrogen-bond acceptors (Lipinski definition) is 4. The van der Waals surface area contributed by atoms with Gasteiger partial charge in [0, 0.05) is 5.57 Å². The number of esters is 1. The van der Waals surface area contributed by atoms with Crippen LogP contribution in [-0.2, 0) is 19.1 Å². The quantitative estimate of drug-likeness (QED) is 0.700. The molecule has 0 aromatic carbocycles. The second-order valence-electron chi connectivity index (χ2n) is 3.97. The third kappa shape index (κ3) is 2.52. The molecule has 1 rings (SSSR count). The lowest BCUT2D eigenvalue weighted by Crippen LogP contribution is -2.31. The van der Waals surface area contributed by atoms with Crippen LogP contribution < -0.4 is 0 Å². The van der Waals surface area contributed by atoms with E-state index in [-0.39, 0.29) is 17.6 Å². The average Bonchev–Trinajstić information content (AvgIpc) is 2.26. The van der Waals surface area contributed by atoms with Crippen molar-refractivity contribution in [2.75, 3.05) is 7.11 Å². The van der Waals surface area contributed by atoms with Gasteiger partial charge >= 0.3 is 17.9 Å². The molecule has 0 fully saturated rings. The molecule has 1 unspecified atom stereocenters. The molecular formula is C11H12O6. The van der Waals surface area contributed by atoms with Gasteiger partial charge in [0.2, 0.25) is 0 Å².